The molecule has 0 bridgehead atoms. The molecule has 1 aromatic rings. The highest BCUT2D eigenvalue weighted by Crippen LogP contribution is 2.29. The second kappa shape index (κ2) is 9.61. The molecule has 0 radical (unpaired) electrons. The van der Waals surface area contributed by atoms with Crippen molar-refractivity contribution in [2.75, 3.05) is 30.2 Å². The summed E-state index contributed by atoms with van der Waals surface area (Å²) >= 11 is 0. The molecule has 6 nitrogen and oxygen atoms in total. The number of fused-ring (bicyclic) bond motifs is 1. The highest BCUT2D eigenvalue weighted by molar-refractivity contribution is 14.0. The van der Waals surface area contributed by atoms with Crippen LogP contribution in [0.5, 0.6) is 0 Å². The summed E-state index contributed by atoms with van der Waals surface area (Å²) in [6.45, 7) is 7.18. The van der Waals surface area contributed by atoms with E-state index < -0.39 is 10.0 Å². The van der Waals surface area contributed by atoms with E-state index >= 15 is 0 Å². The van der Waals surface area contributed by atoms with E-state index in [2.05, 4.69) is 36.4 Å². The summed E-state index contributed by atoms with van der Waals surface area (Å²) in [5.74, 6) is 1.14. The van der Waals surface area contributed by atoms with E-state index in [0.717, 1.165) is 17.7 Å². The van der Waals surface area contributed by atoms with Crippen LogP contribution in [0, 0.1) is 5.92 Å². The minimum Gasteiger partial charge on any atom is -0.355 e. The van der Waals surface area contributed by atoms with E-state index in [0.29, 0.717) is 25.0 Å². The van der Waals surface area contributed by atoms with Gasteiger partial charge in [-0.05, 0) is 30.9 Å². The third-order valence-electron chi connectivity index (χ3n) is 4.42. The quantitative estimate of drug-likeness (QED) is 0.372. The van der Waals surface area contributed by atoms with Crippen LogP contribution in [0.25, 0.3) is 0 Å². The fourth-order valence-corrected chi connectivity index (χ4v) is 4.01. The Labute approximate surface area is 168 Å². The van der Waals surface area contributed by atoms with Crippen LogP contribution in [0.4, 0.5) is 5.69 Å². The lowest BCUT2D eigenvalue weighted by Crippen LogP contribution is -2.46. The Morgan fingerprint density at radius 1 is 1.28 bits per heavy atom. The first-order valence-electron chi connectivity index (χ1n) is 8.40. The van der Waals surface area contributed by atoms with Gasteiger partial charge in [0.05, 0.1) is 11.4 Å². The second-order valence-corrected chi connectivity index (χ2v) is 8.46. The van der Waals surface area contributed by atoms with E-state index in [9.17, 15) is 8.42 Å². The lowest BCUT2D eigenvalue weighted by molar-refractivity contribution is 0.481. The number of sulfonamides is 1. The molecule has 1 aromatic carbocycles. The minimum absolute atomic E-state index is 0. The van der Waals surface area contributed by atoms with Gasteiger partial charge in [0, 0.05) is 26.2 Å². The summed E-state index contributed by atoms with van der Waals surface area (Å²) < 4.78 is 26.8. The monoisotopic (exact) mass is 480 g/mol. The van der Waals surface area contributed by atoms with Crippen molar-refractivity contribution in [3.8, 4) is 0 Å². The molecule has 0 fully saturated rings. The van der Waals surface area contributed by atoms with E-state index in [4.69, 9.17) is 0 Å². The van der Waals surface area contributed by atoms with Crippen LogP contribution in [-0.4, -0.2) is 46.3 Å². The van der Waals surface area contributed by atoms with Crippen LogP contribution >= 0.6 is 24.0 Å². The Morgan fingerprint density at radius 3 is 2.60 bits per heavy atom. The molecule has 1 heterocycles. The van der Waals surface area contributed by atoms with Crippen molar-refractivity contribution in [3.05, 3.63) is 29.8 Å². The summed E-state index contributed by atoms with van der Waals surface area (Å²) in [7, 11) is -1.65. The zero-order chi connectivity index (χ0) is 17.7. The smallest absolute Gasteiger partial charge is 0.236 e. The Balaban J connectivity index is 0.00000312. The highest BCUT2D eigenvalue weighted by Gasteiger charge is 2.28. The van der Waals surface area contributed by atoms with Crippen LogP contribution in [-0.2, 0) is 16.4 Å². The van der Waals surface area contributed by atoms with Gasteiger partial charge in [-0.15, -0.1) is 24.0 Å². The van der Waals surface area contributed by atoms with Crippen molar-refractivity contribution in [2.24, 2.45) is 10.9 Å². The molecular formula is C17H29IN4O2S. The molecule has 1 atom stereocenters. The zero-order valence-electron chi connectivity index (χ0n) is 15.3. The largest absolute Gasteiger partial charge is 0.355 e. The van der Waals surface area contributed by atoms with Crippen molar-refractivity contribution in [3.63, 3.8) is 0 Å². The Morgan fingerprint density at radius 2 is 1.96 bits per heavy atom. The number of nitrogens with zero attached hydrogens (tertiary/aromatic N) is 2. The average Bonchev–Trinajstić information content (AvgIpc) is 2.98. The van der Waals surface area contributed by atoms with Gasteiger partial charge < -0.3 is 10.6 Å². The summed E-state index contributed by atoms with van der Waals surface area (Å²) in [5.41, 5.74) is 1.91. The van der Waals surface area contributed by atoms with Crippen LogP contribution < -0.4 is 14.9 Å². The first-order valence-corrected chi connectivity index (χ1v) is 10.0. The van der Waals surface area contributed by atoms with Crippen LogP contribution in [0.2, 0.25) is 0 Å². The van der Waals surface area contributed by atoms with Gasteiger partial charge in [-0.2, -0.15) is 0 Å². The molecule has 25 heavy (non-hydrogen) atoms. The molecule has 142 valence electrons. The van der Waals surface area contributed by atoms with Crippen molar-refractivity contribution in [2.45, 2.75) is 33.2 Å². The molecule has 0 aliphatic carbocycles. The molecule has 1 unspecified atom stereocenters. The highest BCUT2D eigenvalue weighted by atomic mass is 127. The third-order valence-corrected chi connectivity index (χ3v) is 6.19. The molecule has 0 spiro atoms. The molecule has 2 rings (SSSR count). The predicted octanol–water partition coefficient (Wildman–Crippen LogP) is 2.21. The number of benzene rings is 1. The maximum Gasteiger partial charge on any atom is 0.236 e. The van der Waals surface area contributed by atoms with Crippen molar-refractivity contribution in [1.82, 2.24) is 10.6 Å². The van der Waals surface area contributed by atoms with Crippen molar-refractivity contribution >= 4 is 45.6 Å². The van der Waals surface area contributed by atoms with E-state index in [1.54, 1.807) is 7.05 Å². The normalized spacial score (nSPS) is 15.6. The van der Waals surface area contributed by atoms with Crippen LogP contribution in [0.3, 0.4) is 0 Å². The van der Waals surface area contributed by atoms with Gasteiger partial charge in [0.1, 0.15) is 0 Å². The van der Waals surface area contributed by atoms with Crippen LogP contribution in [0.15, 0.2) is 29.3 Å². The average molecular weight is 480 g/mol. The summed E-state index contributed by atoms with van der Waals surface area (Å²) in [4.78, 5) is 4.15. The minimum atomic E-state index is -3.33. The molecule has 0 amide bonds. The van der Waals surface area contributed by atoms with Crippen molar-refractivity contribution < 1.29 is 8.42 Å². The number of para-hydroxylation sites is 1. The molecule has 1 aliphatic heterocycles. The van der Waals surface area contributed by atoms with Gasteiger partial charge in [0.2, 0.25) is 10.0 Å². The Kier molecular flexibility index (Phi) is 8.46. The standard InChI is InChI=1S/C17H28N4O2S.HI/c1-13(2)14(3)20-17(18-4)19-10-12-24(22,23)21-11-9-15-7-5-6-8-16(15)21;/h5-8,13-14H,9-12H2,1-4H3,(H2,18,19,20);1H. The third kappa shape index (κ3) is 5.73. The van der Waals surface area contributed by atoms with Crippen LogP contribution in [0.1, 0.15) is 26.3 Å². The van der Waals surface area contributed by atoms with Gasteiger partial charge in [-0.3, -0.25) is 9.30 Å². The number of halogens is 1. The molecule has 8 heteroatoms. The SMILES string of the molecule is CN=C(NCCS(=O)(=O)N1CCc2ccccc21)NC(C)C(C)C.I. The number of anilines is 1. The van der Waals surface area contributed by atoms with E-state index in [1.807, 2.05) is 24.3 Å². The predicted molar refractivity (Wildman–Crippen MR) is 115 cm³/mol. The van der Waals surface area contributed by atoms with E-state index in [-0.39, 0.29) is 35.8 Å². The fourth-order valence-electron chi connectivity index (χ4n) is 2.58. The van der Waals surface area contributed by atoms with E-state index in [1.165, 1.54) is 4.31 Å². The molecule has 0 saturated heterocycles. The molecule has 0 aromatic heterocycles. The van der Waals surface area contributed by atoms with Gasteiger partial charge in [-0.1, -0.05) is 32.0 Å². The first kappa shape index (κ1) is 22.0. The molecule has 2 N–H and O–H groups in total. The first-order chi connectivity index (χ1) is 11.3. The number of guanidine groups is 1. The van der Waals surface area contributed by atoms with Gasteiger partial charge in [-0.25, -0.2) is 8.42 Å². The Bertz CT molecular complexity index is 692. The number of nitrogens with one attached hydrogen (secondary N) is 2. The van der Waals surface area contributed by atoms with Gasteiger partial charge >= 0.3 is 0 Å². The summed E-state index contributed by atoms with van der Waals surface area (Å²) in [6.07, 6.45) is 0.776. The second-order valence-electron chi connectivity index (χ2n) is 6.44. The van der Waals surface area contributed by atoms with Gasteiger partial charge in [0.25, 0.3) is 0 Å². The molecular weight excluding hydrogens is 451 g/mol. The number of hydrogen-bond acceptors (Lipinski definition) is 3. The van der Waals surface area contributed by atoms with Gasteiger partial charge in [0.15, 0.2) is 5.96 Å². The summed E-state index contributed by atoms with van der Waals surface area (Å²) in [6, 6.07) is 7.95. The fraction of sp³-hybridized carbons (Fsp3) is 0.588. The lowest BCUT2D eigenvalue weighted by Gasteiger charge is -2.22. The number of rotatable bonds is 6. The summed E-state index contributed by atoms with van der Waals surface area (Å²) in [5, 5.41) is 6.36. The lowest BCUT2D eigenvalue weighted by atomic mass is 10.1. The Hall–Kier alpha value is -1.03. The molecule has 0 saturated carbocycles. The topological polar surface area (TPSA) is 73.8 Å². The molecule has 1 aliphatic rings. The van der Waals surface area contributed by atoms with Crippen molar-refractivity contribution in [1.29, 1.82) is 0 Å². The maximum atomic E-state index is 12.6. The number of aliphatic imine (C=N–C) groups is 1. The maximum absolute atomic E-state index is 12.6. The zero-order valence-corrected chi connectivity index (χ0v) is 18.5. The number of hydrogen-bond donors (Lipinski definition) is 2.